The summed E-state index contributed by atoms with van der Waals surface area (Å²) in [7, 11) is 1.61. The van der Waals surface area contributed by atoms with Gasteiger partial charge in [-0.1, -0.05) is 18.2 Å². The molecule has 1 aromatic carbocycles. The van der Waals surface area contributed by atoms with E-state index in [-0.39, 0.29) is 18.5 Å². The summed E-state index contributed by atoms with van der Waals surface area (Å²) in [6.45, 7) is 3.28. The second-order valence-electron chi connectivity index (χ2n) is 8.56. The molecular formula is C24H27N5O3S. The number of hydrogen-bond acceptors (Lipinski definition) is 7. The van der Waals surface area contributed by atoms with Gasteiger partial charge in [0.05, 0.1) is 29.9 Å². The number of urea groups is 1. The number of imide groups is 1. The second kappa shape index (κ2) is 9.17. The number of piperidine rings is 1. The molecule has 2 aromatic heterocycles. The molecule has 9 heteroatoms. The molecule has 33 heavy (non-hydrogen) atoms. The van der Waals surface area contributed by atoms with Crippen molar-refractivity contribution in [1.82, 2.24) is 24.7 Å². The van der Waals surface area contributed by atoms with Crippen molar-refractivity contribution in [3.05, 3.63) is 59.4 Å². The van der Waals surface area contributed by atoms with Crippen molar-refractivity contribution in [1.29, 1.82) is 0 Å². The van der Waals surface area contributed by atoms with Gasteiger partial charge in [0.25, 0.3) is 5.91 Å². The summed E-state index contributed by atoms with van der Waals surface area (Å²) < 4.78 is 6.44. The first kappa shape index (κ1) is 21.9. The smallest absolute Gasteiger partial charge is 0.328 e. The standard InChI is InChI=1S/C24H27N5O3S/c1-32-14-13-29-23(31)28(16-18-5-4-10-25-15-18)22(30)24(29)8-11-27(12-9-24)17-21-26-19-6-2-3-7-20(19)33-21/h2-7,10,15H,8-9,11-14,16-17H2,1H3. The van der Waals surface area contributed by atoms with E-state index < -0.39 is 5.54 Å². The highest BCUT2D eigenvalue weighted by atomic mass is 32.1. The molecule has 0 saturated carbocycles. The summed E-state index contributed by atoms with van der Waals surface area (Å²) in [5.41, 5.74) is 1.07. The number of nitrogens with zero attached hydrogens (tertiary/aromatic N) is 5. The number of aromatic nitrogens is 2. The highest BCUT2D eigenvalue weighted by Gasteiger charge is 2.57. The Balaban J connectivity index is 1.32. The first-order chi connectivity index (χ1) is 16.1. The molecule has 3 aromatic rings. The number of likely N-dealkylation sites (tertiary alicyclic amines) is 1. The lowest BCUT2D eigenvalue weighted by Gasteiger charge is -2.42. The number of methoxy groups -OCH3 is 1. The molecule has 0 aliphatic carbocycles. The van der Waals surface area contributed by atoms with Crippen molar-refractivity contribution in [3.8, 4) is 0 Å². The Labute approximate surface area is 196 Å². The molecule has 5 rings (SSSR count). The largest absolute Gasteiger partial charge is 0.383 e. The van der Waals surface area contributed by atoms with E-state index in [4.69, 9.17) is 9.72 Å². The first-order valence-electron chi connectivity index (χ1n) is 11.2. The number of rotatable bonds is 7. The van der Waals surface area contributed by atoms with E-state index in [1.165, 1.54) is 9.60 Å². The van der Waals surface area contributed by atoms with Crippen molar-refractivity contribution in [2.75, 3.05) is 33.4 Å². The highest BCUT2D eigenvalue weighted by Crippen LogP contribution is 2.38. The van der Waals surface area contributed by atoms with Crippen molar-refractivity contribution in [2.45, 2.75) is 31.5 Å². The SMILES string of the molecule is COCCN1C(=O)N(Cc2cccnc2)C(=O)C12CCN(Cc1nc3ccccc3s1)CC2. The van der Waals surface area contributed by atoms with E-state index in [2.05, 4.69) is 16.0 Å². The number of ether oxygens (including phenoxy) is 1. The summed E-state index contributed by atoms with van der Waals surface area (Å²) >= 11 is 1.71. The Hall–Kier alpha value is -2.88. The van der Waals surface area contributed by atoms with Crippen LogP contribution in [0.5, 0.6) is 0 Å². The summed E-state index contributed by atoms with van der Waals surface area (Å²) in [4.78, 5) is 41.3. The molecule has 3 amide bonds. The molecule has 1 spiro atoms. The van der Waals surface area contributed by atoms with Gasteiger partial charge in [-0.3, -0.25) is 19.6 Å². The highest BCUT2D eigenvalue weighted by molar-refractivity contribution is 7.18. The average molecular weight is 466 g/mol. The number of amides is 3. The molecule has 0 N–H and O–H groups in total. The van der Waals surface area contributed by atoms with Crippen molar-refractivity contribution >= 4 is 33.5 Å². The number of hydrogen-bond donors (Lipinski definition) is 0. The van der Waals surface area contributed by atoms with Gasteiger partial charge in [-0.05, 0) is 36.6 Å². The van der Waals surface area contributed by atoms with Crippen LogP contribution < -0.4 is 0 Å². The van der Waals surface area contributed by atoms with Crippen LogP contribution in [0.4, 0.5) is 4.79 Å². The fourth-order valence-electron chi connectivity index (χ4n) is 4.83. The van der Waals surface area contributed by atoms with E-state index in [1.807, 2.05) is 30.3 Å². The molecule has 8 nitrogen and oxygen atoms in total. The number of benzene rings is 1. The van der Waals surface area contributed by atoms with E-state index in [9.17, 15) is 9.59 Å². The topological polar surface area (TPSA) is 78.9 Å². The van der Waals surface area contributed by atoms with Crippen LogP contribution >= 0.6 is 11.3 Å². The van der Waals surface area contributed by atoms with E-state index in [1.54, 1.807) is 35.7 Å². The molecule has 0 bridgehead atoms. The van der Waals surface area contributed by atoms with Gasteiger partial charge in [0.1, 0.15) is 10.5 Å². The molecule has 0 atom stereocenters. The van der Waals surface area contributed by atoms with Gasteiger partial charge >= 0.3 is 6.03 Å². The minimum absolute atomic E-state index is 0.105. The van der Waals surface area contributed by atoms with E-state index >= 15 is 0 Å². The van der Waals surface area contributed by atoms with Crippen molar-refractivity contribution in [2.24, 2.45) is 0 Å². The summed E-state index contributed by atoms with van der Waals surface area (Å²) in [5, 5.41) is 1.08. The lowest BCUT2D eigenvalue weighted by Crippen LogP contribution is -2.57. The minimum Gasteiger partial charge on any atom is -0.383 e. The van der Waals surface area contributed by atoms with Crippen LogP contribution in [0, 0.1) is 0 Å². The van der Waals surface area contributed by atoms with Gasteiger partial charge in [-0.15, -0.1) is 11.3 Å². The molecule has 2 saturated heterocycles. The fourth-order valence-corrected chi connectivity index (χ4v) is 5.84. The maximum Gasteiger partial charge on any atom is 0.328 e. The van der Waals surface area contributed by atoms with Gasteiger partial charge in [0.15, 0.2) is 0 Å². The quantitative estimate of drug-likeness (QED) is 0.499. The molecule has 172 valence electrons. The summed E-state index contributed by atoms with van der Waals surface area (Å²) in [6.07, 6.45) is 4.60. The molecule has 2 aliphatic heterocycles. The van der Waals surface area contributed by atoms with Gasteiger partial charge in [-0.2, -0.15) is 0 Å². The predicted octanol–water partition coefficient (Wildman–Crippen LogP) is 3.14. The maximum atomic E-state index is 13.6. The second-order valence-corrected chi connectivity index (χ2v) is 9.68. The maximum absolute atomic E-state index is 13.6. The van der Waals surface area contributed by atoms with Crippen molar-refractivity contribution in [3.63, 3.8) is 0 Å². The van der Waals surface area contributed by atoms with Gasteiger partial charge < -0.3 is 9.64 Å². The lowest BCUT2D eigenvalue weighted by molar-refractivity contribution is -0.136. The number of carbonyl (C=O) groups excluding carboxylic acids is 2. The minimum atomic E-state index is -0.804. The number of thiazole rings is 1. The van der Waals surface area contributed by atoms with E-state index in [0.717, 1.165) is 35.7 Å². The van der Waals surface area contributed by atoms with Crippen LogP contribution in [-0.4, -0.2) is 75.5 Å². The number of carbonyl (C=O) groups is 2. The van der Waals surface area contributed by atoms with Crippen LogP contribution in [0.1, 0.15) is 23.4 Å². The van der Waals surface area contributed by atoms with Gasteiger partial charge in [-0.25, -0.2) is 9.78 Å². The van der Waals surface area contributed by atoms with Gasteiger partial charge in [0, 0.05) is 39.1 Å². The molecule has 2 aliphatic rings. The Morgan fingerprint density at radius 1 is 1.09 bits per heavy atom. The molecule has 2 fully saturated rings. The average Bonchev–Trinajstić information content (AvgIpc) is 3.33. The third-order valence-corrected chi connectivity index (χ3v) is 7.61. The Bertz CT molecular complexity index is 1110. The van der Waals surface area contributed by atoms with E-state index in [0.29, 0.717) is 26.0 Å². The number of fused-ring (bicyclic) bond motifs is 1. The zero-order chi connectivity index (χ0) is 22.8. The number of pyridine rings is 1. The van der Waals surface area contributed by atoms with Crippen LogP contribution in [0.3, 0.4) is 0 Å². The molecule has 4 heterocycles. The van der Waals surface area contributed by atoms with Crippen LogP contribution in [-0.2, 0) is 22.6 Å². The lowest BCUT2D eigenvalue weighted by atomic mass is 9.85. The predicted molar refractivity (Wildman–Crippen MR) is 126 cm³/mol. The van der Waals surface area contributed by atoms with Crippen LogP contribution in [0.25, 0.3) is 10.2 Å². The summed E-state index contributed by atoms with van der Waals surface area (Å²) in [6, 6.07) is 11.6. The van der Waals surface area contributed by atoms with Crippen LogP contribution in [0.15, 0.2) is 48.8 Å². The Morgan fingerprint density at radius 3 is 2.64 bits per heavy atom. The zero-order valence-corrected chi connectivity index (χ0v) is 19.5. The first-order valence-corrected chi connectivity index (χ1v) is 12.0. The molecule has 0 unspecified atom stereocenters. The Morgan fingerprint density at radius 2 is 1.91 bits per heavy atom. The van der Waals surface area contributed by atoms with Crippen molar-refractivity contribution < 1.29 is 14.3 Å². The number of para-hydroxylation sites is 1. The fraction of sp³-hybridized carbons (Fsp3) is 0.417. The normalized spacial score (nSPS) is 18.7. The van der Waals surface area contributed by atoms with Crippen LogP contribution in [0.2, 0.25) is 0 Å². The third-order valence-electron chi connectivity index (χ3n) is 6.58. The molecule has 0 radical (unpaired) electrons. The Kier molecular flexibility index (Phi) is 6.09. The van der Waals surface area contributed by atoms with Gasteiger partial charge in [0.2, 0.25) is 0 Å². The zero-order valence-electron chi connectivity index (χ0n) is 18.6. The molecular weight excluding hydrogens is 438 g/mol. The monoisotopic (exact) mass is 465 g/mol. The summed E-state index contributed by atoms with van der Waals surface area (Å²) in [5.74, 6) is -0.105. The third kappa shape index (κ3) is 4.12.